The highest BCUT2D eigenvalue weighted by Gasteiger charge is 2.09. The van der Waals surface area contributed by atoms with E-state index in [1.807, 2.05) is 12.3 Å². The van der Waals surface area contributed by atoms with E-state index in [-0.39, 0.29) is 12.3 Å². The van der Waals surface area contributed by atoms with Crippen molar-refractivity contribution in [1.29, 1.82) is 0 Å². The lowest BCUT2D eigenvalue weighted by Gasteiger charge is -2.18. The van der Waals surface area contributed by atoms with Crippen LogP contribution in [0.4, 0.5) is 0 Å². The zero-order valence-electron chi connectivity index (χ0n) is 9.83. The van der Waals surface area contributed by atoms with Crippen molar-refractivity contribution in [3.63, 3.8) is 0 Å². The molecule has 1 amide bonds. The number of aromatic nitrogens is 3. The molecule has 0 aliphatic carbocycles. The van der Waals surface area contributed by atoms with Gasteiger partial charge >= 0.3 is 0 Å². The number of nitrogen functional groups attached to an aromatic ring is 1. The van der Waals surface area contributed by atoms with Crippen molar-refractivity contribution in [2.45, 2.75) is 13.5 Å². The molecule has 8 heteroatoms. The van der Waals surface area contributed by atoms with Crippen LogP contribution in [0.2, 0.25) is 0 Å². The second-order valence-corrected chi connectivity index (χ2v) is 3.50. The summed E-state index contributed by atoms with van der Waals surface area (Å²) in [5, 5.41) is 16.3. The zero-order valence-corrected chi connectivity index (χ0v) is 9.83. The Balaban J connectivity index is 2.46. The summed E-state index contributed by atoms with van der Waals surface area (Å²) in [5.41, 5.74) is 2.19. The van der Waals surface area contributed by atoms with Gasteiger partial charge in [-0.2, -0.15) is 0 Å². The topological polar surface area (TPSA) is 109 Å². The van der Waals surface area contributed by atoms with Gasteiger partial charge in [-0.25, -0.2) is 5.84 Å². The summed E-state index contributed by atoms with van der Waals surface area (Å²) in [4.78, 5) is 13.2. The van der Waals surface area contributed by atoms with E-state index < -0.39 is 5.91 Å². The quantitative estimate of drug-likeness (QED) is 0.295. The number of nitrogens with two attached hydrogens (primary N) is 1. The molecule has 0 saturated carbocycles. The molecule has 0 saturated heterocycles. The lowest BCUT2D eigenvalue weighted by Crippen LogP contribution is -2.30. The van der Waals surface area contributed by atoms with Crippen molar-refractivity contribution >= 4 is 5.91 Å². The van der Waals surface area contributed by atoms with E-state index >= 15 is 0 Å². The van der Waals surface area contributed by atoms with Crippen LogP contribution in [-0.2, 0) is 6.54 Å². The molecule has 1 aromatic heterocycles. The van der Waals surface area contributed by atoms with Crippen LogP contribution in [0.3, 0.4) is 0 Å². The Kier molecular flexibility index (Phi) is 5.53. The molecule has 1 aromatic rings. The molecule has 4 N–H and O–H groups in total. The van der Waals surface area contributed by atoms with Gasteiger partial charge in [-0.15, -0.1) is 5.10 Å². The summed E-state index contributed by atoms with van der Waals surface area (Å²) in [6.45, 7) is 4.98. The van der Waals surface area contributed by atoms with Gasteiger partial charge in [0.2, 0.25) is 0 Å². The lowest BCUT2D eigenvalue weighted by molar-refractivity contribution is 0.0948. The average Bonchev–Trinajstić information content (AvgIpc) is 2.82. The van der Waals surface area contributed by atoms with Crippen LogP contribution in [0.15, 0.2) is 6.20 Å². The fraction of sp³-hybridized carbons (Fsp3) is 0.667. The molecule has 1 heterocycles. The van der Waals surface area contributed by atoms with Gasteiger partial charge in [-0.1, -0.05) is 12.1 Å². The Hall–Kier alpha value is -1.51. The Morgan fingerprint density at radius 3 is 3.00 bits per heavy atom. The molecule has 96 valence electrons. The molecule has 0 aliphatic heterocycles. The molecule has 0 atom stereocenters. The second-order valence-electron chi connectivity index (χ2n) is 3.50. The molecule has 0 fully saturated rings. The number of hydrogen-bond donors (Lipinski definition) is 3. The number of nitrogens with zero attached hydrogens (tertiary/aromatic N) is 4. The van der Waals surface area contributed by atoms with Crippen LogP contribution in [-0.4, -0.2) is 57.1 Å². The fourth-order valence-corrected chi connectivity index (χ4v) is 1.40. The minimum Gasteiger partial charge on any atom is -0.395 e. The highest BCUT2D eigenvalue weighted by atomic mass is 16.3. The van der Waals surface area contributed by atoms with Crippen LogP contribution in [0.5, 0.6) is 0 Å². The first kappa shape index (κ1) is 13.6. The highest BCUT2D eigenvalue weighted by Crippen LogP contribution is 1.94. The third-order valence-electron chi connectivity index (χ3n) is 2.41. The van der Waals surface area contributed by atoms with Crippen LogP contribution in [0, 0.1) is 0 Å². The first-order valence-corrected chi connectivity index (χ1v) is 5.45. The van der Waals surface area contributed by atoms with Crippen molar-refractivity contribution in [2.75, 3.05) is 26.2 Å². The smallest absolute Gasteiger partial charge is 0.287 e. The number of amides is 1. The monoisotopic (exact) mass is 242 g/mol. The minimum atomic E-state index is -0.459. The van der Waals surface area contributed by atoms with Crippen LogP contribution >= 0.6 is 0 Å². The van der Waals surface area contributed by atoms with Gasteiger partial charge in [0.15, 0.2) is 5.69 Å². The van der Waals surface area contributed by atoms with Gasteiger partial charge in [0, 0.05) is 13.1 Å². The van der Waals surface area contributed by atoms with Crippen molar-refractivity contribution in [3.8, 4) is 0 Å². The molecule has 0 aromatic carbocycles. The second kappa shape index (κ2) is 6.94. The summed E-state index contributed by atoms with van der Waals surface area (Å²) >= 11 is 0. The lowest BCUT2D eigenvalue weighted by atomic mass is 10.4. The Morgan fingerprint density at radius 1 is 1.65 bits per heavy atom. The predicted octanol–water partition coefficient (Wildman–Crippen LogP) is -1.80. The van der Waals surface area contributed by atoms with E-state index in [4.69, 9.17) is 10.9 Å². The summed E-state index contributed by atoms with van der Waals surface area (Å²) in [5.74, 6) is 4.52. The van der Waals surface area contributed by atoms with Gasteiger partial charge < -0.3 is 5.11 Å². The number of carbonyl (C=O) groups is 1. The molecule has 8 nitrogen and oxygen atoms in total. The Bertz CT molecular complexity index is 353. The molecule has 0 bridgehead atoms. The normalized spacial score (nSPS) is 10.8. The predicted molar refractivity (Wildman–Crippen MR) is 60.9 cm³/mol. The maximum absolute atomic E-state index is 11.1. The SMILES string of the molecule is CCN(CCO)CCn1cc(C(=O)NN)nn1. The molecular formula is C9H18N6O2. The van der Waals surface area contributed by atoms with E-state index in [1.165, 1.54) is 6.20 Å². The van der Waals surface area contributed by atoms with Crippen LogP contribution < -0.4 is 11.3 Å². The number of hydrogen-bond acceptors (Lipinski definition) is 6. The third-order valence-corrected chi connectivity index (χ3v) is 2.41. The van der Waals surface area contributed by atoms with Crippen molar-refractivity contribution in [2.24, 2.45) is 5.84 Å². The van der Waals surface area contributed by atoms with Crippen molar-refractivity contribution in [3.05, 3.63) is 11.9 Å². The van der Waals surface area contributed by atoms with E-state index in [1.54, 1.807) is 4.68 Å². The van der Waals surface area contributed by atoms with E-state index in [0.29, 0.717) is 13.1 Å². The van der Waals surface area contributed by atoms with Crippen LogP contribution in [0.25, 0.3) is 0 Å². The number of nitrogens with one attached hydrogen (secondary N) is 1. The van der Waals surface area contributed by atoms with Crippen molar-refractivity contribution in [1.82, 2.24) is 25.3 Å². The summed E-state index contributed by atoms with van der Waals surface area (Å²) in [6, 6.07) is 0. The standard InChI is InChI=1S/C9H18N6O2/c1-2-14(5-6-16)3-4-15-7-8(12-13-15)9(17)11-10/h7,16H,2-6,10H2,1H3,(H,11,17). The number of rotatable bonds is 7. The number of aliphatic hydroxyl groups is 1. The Labute approximate surface area is 99.4 Å². The number of hydrazine groups is 1. The molecule has 0 radical (unpaired) electrons. The molecule has 17 heavy (non-hydrogen) atoms. The fourth-order valence-electron chi connectivity index (χ4n) is 1.40. The first-order chi connectivity index (χ1) is 8.21. The molecule has 0 spiro atoms. The number of aliphatic hydroxyl groups excluding tert-OH is 1. The summed E-state index contributed by atoms with van der Waals surface area (Å²) < 4.78 is 1.57. The minimum absolute atomic E-state index is 0.131. The maximum atomic E-state index is 11.1. The van der Waals surface area contributed by atoms with Gasteiger partial charge in [0.1, 0.15) is 0 Å². The third kappa shape index (κ3) is 4.10. The Morgan fingerprint density at radius 2 is 2.41 bits per heavy atom. The van der Waals surface area contributed by atoms with E-state index in [0.717, 1.165) is 13.1 Å². The maximum Gasteiger partial charge on any atom is 0.287 e. The van der Waals surface area contributed by atoms with E-state index in [2.05, 4.69) is 15.2 Å². The first-order valence-electron chi connectivity index (χ1n) is 5.45. The molecule has 0 unspecified atom stereocenters. The summed E-state index contributed by atoms with van der Waals surface area (Å²) in [6.07, 6.45) is 1.54. The molecule has 1 rings (SSSR count). The van der Waals surface area contributed by atoms with Crippen molar-refractivity contribution < 1.29 is 9.90 Å². The zero-order chi connectivity index (χ0) is 12.7. The summed E-state index contributed by atoms with van der Waals surface area (Å²) in [7, 11) is 0. The average molecular weight is 242 g/mol. The largest absolute Gasteiger partial charge is 0.395 e. The number of likely N-dealkylation sites (N-methyl/N-ethyl adjacent to an activating group) is 1. The number of carbonyl (C=O) groups excluding carboxylic acids is 1. The van der Waals surface area contributed by atoms with Gasteiger partial charge in [-0.3, -0.25) is 19.8 Å². The van der Waals surface area contributed by atoms with Gasteiger partial charge in [0.25, 0.3) is 5.91 Å². The highest BCUT2D eigenvalue weighted by molar-refractivity contribution is 5.91. The van der Waals surface area contributed by atoms with Gasteiger partial charge in [-0.05, 0) is 6.54 Å². The van der Waals surface area contributed by atoms with E-state index in [9.17, 15) is 4.79 Å². The molecule has 0 aliphatic rings. The van der Waals surface area contributed by atoms with Crippen LogP contribution in [0.1, 0.15) is 17.4 Å². The van der Waals surface area contributed by atoms with Gasteiger partial charge in [0.05, 0.1) is 19.3 Å². The molecular weight excluding hydrogens is 224 g/mol.